The van der Waals surface area contributed by atoms with Gasteiger partial charge in [0.05, 0.1) is 11.4 Å². The maximum atomic E-state index is 12.1. The molecule has 23 heavy (non-hydrogen) atoms. The van der Waals surface area contributed by atoms with Crippen LogP contribution in [-0.4, -0.2) is 22.7 Å². The zero-order valence-corrected chi connectivity index (χ0v) is 12.6. The zero-order valence-electron chi connectivity index (χ0n) is 12.6. The van der Waals surface area contributed by atoms with Gasteiger partial charge in [0.15, 0.2) is 12.4 Å². The van der Waals surface area contributed by atoms with Crippen LogP contribution in [0.4, 0.5) is 5.69 Å². The molecule has 1 aromatic carbocycles. The van der Waals surface area contributed by atoms with Gasteiger partial charge in [-0.3, -0.25) is 4.79 Å². The number of aryl methyl sites for hydroxylation is 1. The highest BCUT2D eigenvalue weighted by Gasteiger charge is 2.26. The Hall–Kier alpha value is -2.96. The van der Waals surface area contributed by atoms with Crippen molar-refractivity contribution >= 4 is 23.3 Å². The molecule has 0 N–H and O–H groups in total. The van der Waals surface area contributed by atoms with Crippen LogP contribution in [0.15, 0.2) is 46.0 Å². The Morgan fingerprint density at radius 2 is 2.09 bits per heavy atom. The van der Waals surface area contributed by atoms with E-state index < -0.39 is 5.97 Å². The molecule has 0 aliphatic carbocycles. The normalized spacial score (nSPS) is 14.6. The second-order valence-electron chi connectivity index (χ2n) is 5.10. The average molecular weight is 313 g/mol. The van der Waals surface area contributed by atoms with E-state index in [4.69, 9.17) is 9.26 Å². The van der Waals surface area contributed by atoms with Crippen LogP contribution in [0.2, 0.25) is 0 Å². The summed E-state index contributed by atoms with van der Waals surface area (Å²) in [7, 11) is 0. The number of amides is 1. The molecule has 0 radical (unpaired) electrons. The van der Waals surface area contributed by atoms with E-state index >= 15 is 0 Å². The second-order valence-corrected chi connectivity index (χ2v) is 5.10. The van der Waals surface area contributed by atoms with Gasteiger partial charge in [0, 0.05) is 18.9 Å². The van der Waals surface area contributed by atoms with E-state index in [0.29, 0.717) is 17.1 Å². The molecule has 2 heterocycles. The molecule has 0 saturated carbocycles. The van der Waals surface area contributed by atoms with Crippen LogP contribution in [0.1, 0.15) is 24.3 Å². The van der Waals surface area contributed by atoms with Crippen molar-refractivity contribution in [1.29, 1.82) is 0 Å². The SMILES string of the molecule is Cc1cc(COC(=O)C2=NN(c3ccccc3)C(=O)CC2)on1. The van der Waals surface area contributed by atoms with E-state index in [0.717, 1.165) is 0 Å². The number of hydrazone groups is 1. The van der Waals surface area contributed by atoms with Crippen LogP contribution in [-0.2, 0) is 20.9 Å². The van der Waals surface area contributed by atoms with Crippen LogP contribution in [0.5, 0.6) is 0 Å². The summed E-state index contributed by atoms with van der Waals surface area (Å²) in [6.07, 6.45) is 0.473. The van der Waals surface area contributed by atoms with Crippen LogP contribution < -0.4 is 5.01 Å². The molecule has 0 fully saturated rings. The first-order chi connectivity index (χ1) is 11.1. The van der Waals surface area contributed by atoms with E-state index in [2.05, 4.69) is 10.3 Å². The Morgan fingerprint density at radius 3 is 2.78 bits per heavy atom. The minimum Gasteiger partial charge on any atom is -0.453 e. The molecule has 118 valence electrons. The van der Waals surface area contributed by atoms with Crippen molar-refractivity contribution in [2.75, 3.05) is 5.01 Å². The highest BCUT2D eigenvalue weighted by molar-refractivity contribution is 6.37. The molecule has 3 rings (SSSR count). The number of hydrogen-bond donors (Lipinski definition) is 0. The molecule has 1 aliphatic rings. The molecule has 0 saturated heterocycles. The monoisotopic (exact) mass is 313 g/mol. The van der Waals surface area contributed by atoms with Gasteiger partial charge in [-0.15, -0.1) is 0 Å². The topological polar surface area (TPSA) is 85.0 Å². The van der Waals surface area contributed by atoms with Gasteiger partial charge in [-0.1, -0.05) is 23.4 Å². The molecule has 7 heteroatoms. The summed E-state index contributed by atoms with van der Waals surface area (Å²) >= 11 is 0. The first kappa shape index (κ1) is 15.0. The summed E-state index contributed by atoms with van der Waals surface area (Å²) in [6, 6.07) is 10.7. The molecular weight excluding hydrogens is 298 g/mol. The van der Waals surface area contributed by atoms with Crippen LogP contribution >= 0.6 is 0 Å². The number of benzene rings is 1. The van der Waals surface area contributed by atoms with Crippen molar-refractivity contribution in [1.82, 2.24) is 5.16 Å². The third kappa shape index (κ3) is 3.45. The van der Waals surface area contributed by atoms with Crippen LogP contribution in [0.3, 0.4) is 0 Å². The van der Waals surface area contributed by atoms with Crippen LogP contribution in [0, 0.1) is 6.92 Å². The summed E-state index contributed by atoms with van der Waals surface area (Å²) in [5.74, 6) is -0.255. The Labute approximate surface area is 132 Å². The predicted molar refractivity (Wildman–Crippen MR) is 81.6 cm³/mol. The quantitative estimate of drug-likeness (QED) is 0.808. The first-order valence-electron chi connectivity index (χ1n) is 7.18. The standard InChI is InChI=1S/C16H15N3O4/c1-11-9-13(23-18-11)10-22-16(21)14-7-8-15(20)19(17-14)12-5-3-2-4-6-12/h2-6,9H,7-8,10H2,1H3. The highest BCUT2D eigenvalue weighted by Crippen LogP contribution is 2.20. The number of aromatic nitrogens is 1. The first-order valence-corrected chi connectivity index (χ1v) is 7.18. The Kier molecular flexibility index (Phi) is 4.18. The van der Waals surface area contributed by atoms with Crippen molar-refractivity contribution in [3.63, 3.8) is 0 Å². The highest BCUT2D eigenvalue weighted by atomic mass is 16.5. The number of anilines is 1. The van der Waals surface area contributed by atoms with Gasteiger partial charge in [0.1, 0.15) is 5.71 Å². The van der Waals surface area contributed by atoms with Crippen molar-refractivity contribution in [2.45, 2.75) is 26.4 Å². The largest absolute Gasteiger partial charge is 0.453 e. The smallest absolute Gasteiger partial charge is 0.354 e. The number of nitrogens with zero attached hydrogens (tertiary/aromatic N) is 3. The summed E-state index contributed by atoms with van der Waals surface area (Å²) in [4.78, 5) is 24.1. The number of esters is 1. The van der Waals surface area contributed by atoms with E-state index in [1.54, 1.807) is 37.3 Å². The van der Waals surface area contributed by atoms with Gasteiger partial charge < -0.3 is 9.26 Å². The van der Waals surface area contributed by atoms with E-state index in [1.165, 1.54) is 5.01 Å². The average Bonchev–Trinajstić information content (AvgIpc) is 2.99. The van der Waals surface area contributed by atoms with Gasteiger partial charge in [-0.2, -0.15) is 5.10 Å². The maximum Gasteiger partial charge on any atom is 0.354 e. The number of carbonyl (C=O) groups excluding carboxylic acids is 2. The molecule has 1 amide bonds. The lowest BCUT2D eigenvalue weighted by molar-refractivity contribution is -0.137. The Morgan fingerprint density at radius 1 is 1.30 bits per heavy atom. The summed E-state index contributed by atoms with van der Waals surface area (Å²) in [5, 5.41) is 9.08. The van der Waals surface area contributed by atoms with Crippen molar-refractivity contribution in [2.24, 2.45) is 5.10 Å². The van der Waals surface area contributed by atoms with E-state index in [1.807, 2.05) is 6.07 Å². The van der Waals surface area contributed by atoms with Crippen molar-refractivity contribution in [3.8, 4) is 0 Å². The molecule has 0 unspecified atom stereocenters. The lowest BCUT2D eigenvalue weighted by Crippen LogP contribution is -2.34. The fourth-order valence-electron chi connectivity index (χ4n) is 2.18. The van der Waals surface area contributed by atoms with Gasteiger partial charge in [-0.05, 0) is 19.1 Å². The molecule has 0 spiro atoms. The fourth-order valence-corrected chi connectivity index (χ4v) is 2.18. The van der Waals surface area contributed by atoms with Gasteiger partial charge in [0.25, 0.3) is 0 Å². The lowest BCUT2D eigenvalue weighted by Gasteiger charge is -2.22. The molecule has 1 aliphatic heterocycles. The number of para-hydroxylation sites is 1. The zero-order chi connectivity index (χ0) is 16.2. The summed E-state index contributed by atoms with van der Waals surface area (Å²) in [6.45, 7) is 1.77. The van der Waals surface area contributed by atoms with Gasteiger partial charge in [0.2, 0.25) is 5.91 Å². The predicted octanol–water partition coefficient (Wildman–Crippen LogP) is 2.21. The van der Waals surface area contributed by atoms with Gasteiger partial charge >= 0.3 is 5.97 Å². The van der Waals surface area contributed by atoms with Crippen molar-refractivity contribution in [3.05, 3.63) is 47.9 Å². The second kappa shape index (κ2) is 6.43. The van der Waals surface area contributed by atoms with Gasteiger partial charge in [-0.25, -0.2) is 9.80 Å². The molecule has 7 nitrogen and oxygen atoms in total. The van der Waals surface area contributed by atoms with Crippen LogP contribution in [0.25, 0.3) is 0 Å². The molecule has 1 aromatic heterocycles. The third-order valence-corrected chi connectivity index (χ3v) is 3.29. The third-order valence-electron chi connectivity index (χ3n) is 3.29. The Bertz CT molecular complexity index is 752. The Balaban J connectivity index is 1.71. The maximum absolute atomic E-state index is 12.1. The lowest BCUT2D eigenvalue weighted by atomic mass is 10.1. The van der Waals surface area contributed by atoms with E-state index in [-0.39, 0.29) is 31.1 Å². The number of rotatable bonds is 4. The van der Waals surface area contributed by atoms with E-state index in [9.17, 15) is 9.59 Å². The fraction of sp³-hybridized carbons (Fsp3) is 0.250. The molecular formula is C16H15N3O4. The molecule has 0 bridgehead atoms. The number of hydrogen-bond acceptors (Lipinski definition) is 6. The summed E-state index contributed by atoms with van der Waals surface area (Å²) < 4.78 is 10.1. The minimum atomic E-state index is -0.563. The minimum absolute atomic E-state index is 0.0159. The molecule has 2 aromatic rings. The van der Waals surface area contributed by atoms with Crippen molar-refractivity contribution < 1.29 is 18.8 Å². The molecule has 0 atom stereocenters. The number of ether oxygens (including phenoxy) is 1. The number of carbonyl (C=O) groups is 2. The summed E-state index contributed by atoms with van der Waals surface area (Å²) in [5.41, 5.74) is 1.55.